The Hall–Kier alpha value is -1.45. The van der Waals surface area contributed by atoms with Crippen molar-refractivity contribution < 1.29 is 23.2 Å². The van der Waals surface area contributed by atoms with E-state index in [-0.39, 0.29) is 22.9 Å². The van der Waals surface area contributed by atoms with Gasteiger partial charge < -0.3 is 4.74 Å². The van der Waals surface area contributed by atoms with Gasteiger partial charge in [-0.2, -0.15) is 0 Å². The SMILES string of the molecule is [2H]C([2H])([2H])C(=O)O[C@]1(C(C)=O)CCC2C3C[C@H](C)C4=CC(=O)CCC4(C)C3CCC21C. The number of hydrogen-bond donors (Lipinski definition) is 0. The van der Waals surface area contributed by atoms with Gasteiger partial charge in [-0.3, -0.25) is 14.4 Å². The Balaban J connectivity index is 1.71. The lowest BCUT2D eigenvalue weighted by molar-refractivity contribution is -0.187. The lowest BCUT2D eigenvalue weighted by Gasteiger charge is -2.60. The molecule has 0 aromatic rings. The molecule has 4 aliphatic carbocycles. The van der Waals surface area contributed by atoms with Crippen LogP contribution in [0.15, 0.2) is 11.6 Å². The first-order valence-electron chi connectivity index (χ1n) is 12.3. The topological polar surface area (TPSA) is 60.4 Å². The Kier molecular flexibility index (Phi) is 3.66. The average Bonchev–Trinajstić information content (AvgIpc) is 2.96. The highest BCUT2D eigenvalue weighted by Gasteiger charge is 2.68. The van der Waals surface area contributed by atoms with Gasteiger partial charge in [-0.05, 0) is 80.6 Å². The zero-order valence-corrected chi connectivity index (χ0v) is 17.5. The van der Waals surface area contributed by atoms with Crippen LogP contribution in [0.1, 0.15) is 83.6 Å². The van der Waals surface area contributed by atoms with Gasteiger partial charge in [0.25, 0.3) is 0 Å². The van der Waals surface area contributed by atoms with Crippen LogP contribution in [0.3, 0.4) is 0 Å². The number of rotatable bonds is 2. The maximum Gasteiger partial charge on any atom is 0.303 e. The van der Waals surface area contributed by atoms with Crippen LogP contribution in [0.5, 0.6) is 0 Å². The van der Waals surface area contributed by atoms with Crippen LogP contribution in [-0.4, -0.2) is 23.1 Å². The van der Waals surface area contributed by atoms with Gasteiger partial charge in [0.1, 0.15) is 0 Å². The molecule has 28 heavy (non-hydrogen) atoms. The summed E-state index contributed by atoms with van der Waals surface area (Å²) in [6.45, 7) is 5.10. The monoisotopic (exact) mass is 389 g/mol. The van der Waals surface area contributed by atoms with Gasteiger partial charge in [0.2, 0.25) is 0 Å². The normalized spacial score (nSPS) is 49.5. The van der Waals surface area contributed by atoms with E-state index in [1.54, 1.807) is 0 Å². The molecule has 0 N–H and O–H groups in total. The molecular formula is C24H34O4. The van der Waals surface area contributed by atoms with E-state index in [2.05, 4.69) is 13.8 Å². The summed E-state index contributed by atoms with van der Waals surface area (Å²) >= 11 is 0. The predicted octanol–water partition coefficient (Wildman–Crippen LogP) is 4.66. The first-order valence-corrected chi connectivity index (χ1v) is 10.8. The van der Waals surface area contributed by atoms with E-state index < -0.39 is 23.8 Å². The Morgan fingerprint density at radius 2 is 1.89 bits per heavy atom. The summed E-state index contributed by atoms with van der Waals surface area (Å²) in [6, 6.07) is 0. The Morgan fingerprint density at radius 1 is 1.18 bits per heavy atom. The highest BCUT2D eigenvalue weighted by atomic mass is 16.6. The van der Waals surface area contributed by atoms with E-state index in [0.29, 0.717) is 30.6 Å². The second-order valence-corrected chi connectivity index (χ2v) is 10.3. The standard InChI is InChI=1S/C24H34O4/c1-14-12-18-19(22(4)9-6-17(27)13-21(14)22)7-10-23(5)20(18)8-11-24(23,15(2)25)28-16(3)26/h13-14,18-20H,6-12H2,1-5H3/t14-,18?,19?,20?,22?,23?,24-/m0/s1/i3D3. The van der Waals surface area contributed by atoms with Crippen LogP contribution in [0.2, 0.25) is 0 Å². The van der Waals surface area contributed by atoms with Crippen molar-refractivity contribution in [2.75, 3.05) is 0 Å². The first-order chi connectivity index (χ1) is 14.3. The molecule has 0 radical (unpaired) electrons. The highest BCUT2D eigenvalue weighted by Crippen LogP contribution is 2.69. The van der Waals surface area contributed by atoms with Gasteiger partial charge in [0.15, 0.2) is 17.2 Å². The van der Waals surface area contributed by atoms with Gasteiger partial charge in [-0.1, -0.05) is 26.3 Å². The molecule has 0 spiro atoms. The molecule has 5 unspecified atom stereocenters. The maximum atomic E-state index is 12.9. The van der Waals surface area contributed by atoms with Crippen molar-refractivity contribution in [2.45, 2.75) is 85.1 Å². The molecule has 3 saturated carbocycles. The molecule has 154 valence electrons. The highest BCUT2D eigenvalue weighted by molar-refractivity contribution is 5.92. The smallest absolute Gasteiger partial charge is 0.303 e. The number of ether oxygens (including phenoxy) is 1. The molecule has 4 nitrogen and oxygen atoms in total. The molecule has 3 fully saturated rings. The molecule has 7 atom stereocenters. The second kappa shape index (κ2) is 6.27. The third-order valence-corrected chi connectivity index (χ3v) is 9.23. The van der Waals surface area contributed by atoms with Gasteiger partial charge in [-0.15, -0.1) is 0 Å². The van der Waals surface area contributed by atoms with Crippen LogP contribution in [-0.2, 0) is 19.1 Å². The van der Waals surface area contributed by atoms with Gasteiger partial charge >= 0.3 is 5.97 Å². The zero-order chi connectivity index (χ0) is 23.0. The number of allylic oxidation sites excluding steroid dienone is 1. The van der Waals surface area contributed by atoms with Crippen molar-refractivity contribution in [3.63, 3.8) is 0 Å². The molecule has 0 bridgehead atoms. The summed E-state index contributed by atoms with van der Waals surface area (Å²) in [4.78, 5) is 37.4. The summed E-state index contributed by atoms with van der Waals surface area (Å²) in [6.07, 6.45) is 7.08. The predicted molar refractivity (Wildman–Crippen MR) is 106 cm³/mol. The number of esters is 1. The molecule has 4 aliphatic rings. The van der Waals surface area contributed by atoms with E-state index in [4.69, 9.17) is 8.85 Å². The van der Waals surface area contributed by atoms with Crippen molar-refractivity contribution in [3.8, 4) is 0 Å². The quantitative estimate of drug-likeness (QED) is 0.645. The summed E-state index contributed by atoms with van der Waals surface area (Å²) in [7, 11) is 0. The van der Waals surface area contributed by atoms with Crippen LogP contribution in [0.25, 0.3) is 0 Å². The third-order valence-electron chi connectivity index (χ3n) is 9.23. The van der Waals surface area contributed by atoms with Gasteiger partial charge in [-0.25, -0.2) is 0 Å². The number of carbonyl (C=O) groups is 3. The molecule has 0 amide bonds. The first kappa shape index (κ1) is 16.4. The van der Waals surface area contributed by atoms with E-state index in [9.17, 15) is 14.4 Å². The van der Waals surface area contributed by atoms with Crippen molar-refractivity contribution in [1.82, 2.24) is 0 Å². The lowest BCUT2D eigenvalue weighted by Crippen LogP contribution is -2.59. The van der Waals surface area contributed by atoms with Crippen molar-refractivity contribution in [2.24, 2.45) is 34.5 Å². The second-order valence-electron chi connectivity index (χ2n) is 10.3. The minimum atomic E-state index is -2.88. The van der Waals surface area contributed by atoms with E-state index in [1.165, 1.54) is 12.5 Å². The third kappa shape index (κ3) is 2.45. The molecule has 0 saturated heterocycles. The van der Waals surface area contributed by atoms with Gasteiger partial charge in [0.05, 0.1) is 0 Å². The summed E-state index contributed by atoms with van der Waals surface area (Å²) in [5.41, 5.74) is -0.646. The average molecular weight is 390 g/mol. The fourth-order valence-corrected chi connectivity index (χ4v) is 7.96. The largest absolute Gasteiger partial charge is 0.451 e. The Labute approximate surface area is 172 Å². The molecule has 0 aliphatic heterocycles. The minimum absolute atomic E-state index is 0.00554. The van der Waals surface area contributed by atoms with Crippen LogP contribution < -0.4 is 0 Å². The van der Waals surface area contributed by atoms with Crippen molar-refractivity contribution in [1.29, 1.82) is 0 Å². The molecule has 0 aromatic heterocycles. The lowest BCUT2D eigenvalue weighted by atomic mass is 9.44. The van der Waals surface area contributed by atoms with Crippen molar-refractivity contribution in [3.05, 3.63) is 11.6 Å². The summed E-state index contributed by atoms with van der Waals surface area (Å²) < 4.78 is 28.0. The van der Waals surface area contributed by atoms with Crippen molar-refractivity contribution >= 4 is 17.5 Å². The van der Waals surface area contributed by atoms with E-state index in [1.807, 2.05) is 13.0 Å². The maximum absolute atomic E-state index is 12.9. The van der Waals surface area contributed by atoms with E-state index >= 15 is 0 Å². The molecule has 0 heterocycles. The zero-order valence-electron chi connectivity index (χ0n) is 20.5. The fourth-order valence-electron chi connectivity index (χ4n) is 7.96. The Morgan fingerprint density at radius 3 is 2.57 bits per heavy atom. The van der Waals surface area contributed by atoms with Gasteiger partial charge in [0, 0.05) is 22.8 Å². The molecular weight excluding hydrogens is 352 g/mol. The fraction of sp³-hybridized carbons (Fsp3) is 0.792. The summed E-state index contributed by atoms with van der Waals surface area (Å²) in [5, 5.41) is 0. The Bertz CT molecular complexity index is 861. The minimum Gasteiger partial charge on any atom is -0.451 e. The molecule has 4 rings (SSSR count). The molecule has 0 aromatic carbocycles. The van der Waals surface area contributed by atoms with Crippen LogP contribution in [0, 0.1) is 34.5 Å². The number of carbonyl (C=O) groups excluding carboxylic acids is 3. The molecule has 4 heteroatoms. The number of fused-ring (bicyclic) bond motifs is 5. The van der Waals surface area contributed by atoms with Crippen LogP contribution >= 0.6 is 0 Å². The van der Waals surface area contributed by atoms with E-state index in [0.717, 1.165) is 32.1 Å². The number of Topliss-reactive ketones (excluding diaryl/α,β-unsaturated/α-hetero) is 1. The number of hydrogen-bond acceptors (Lipinski definition) is 4. The van der Waals surface area contributed by atoms with Crippen LogP contribution in [0.4, 0.5) is 0 Å². The number of ketones is 2. The summed E-state index contributed by atoms with van der Waals surface area (Å²) in [5.74, 6) is 0.0118.